The minimum Gasteiger partial charge on any atom is -0.494 e. The van der Waals surface area contributed by atoms with Crippen molar-refractivity contribution < 1.29 is 4.74 Å². The van der Waals surface area contributed by atoms with Crippen molar-refractivity contribution in [1.29, 1.82) is 0 Å². The minimum absolute atomic E-state index is 0.106. The number of hydrogen-bond acceptors (Lipinski definition) is 3. The van der Waals surface area contributed by atoms with Crippen LogP contribution >= 0.6 is 39.7 Å². The minimum atomic E-state index is 0.106. The number of nitrogens with two attached hydrogens (primary N) is 1. The summed E-state index contributed by atoms with van der Waals surface area (Å²) in [6.07, 6.45) is 1.55. The molecule has 16 heavy (non-hydrogen) atoms. The number of methoxy groups -OCH3 is 1. The Kier molecular flexibility index (Phi) is 4.98. The lowest BCUT2D eigenvalue weighted by molar-refractivity contribution is 0.412. The van der Waals surface area contributed by atoms with Gasteiger partial charge in [-0.15, -0.1) is 0 Å². The molecule has 86 valence electrons. The number of hydrogen-bond donors (Lipinski definition) is 2. The van der Waals surface area contributed by atoms with Crippen molar-refractivity contribution >= 4 is 51.1 Å². The van der Waals surface area contributed by atoms with E-state index in [4.69, 9.17) is 22.1 Å². The quantitative estimate of drug-likeness (QED) is 0.509. The zero-order chi connectivity index (χ0) is 12.1. The predicted molar refractivity (Wildman–Crippen MR) is 73.2 cm³/mol. The standard InChI is InChI=1S/C9H9BrClN3OS/c1-15-8-6(10)2-5(3-7(8)11)4-13-14-9(12)16/h2-4H,1H3,(H3,12,14,16). The van der Waals surface area contributed by atoms with Gasteiger partial charge in [0.15, 0.2) is 10.9 Å². The second kappa shape index (κ2) is 6.03. The van der Waals surface area contributed by atoms with Gasteiger partial charge in [-0.3, -0.25) is 5.43 Å². The normalized spacial score (nSPS) is 10.4. The summed E-state index contributed by atoms with van der Waals surface area (Å²) < 4.78 is 5.84. The summed E-state index contributed by atoms with van der Waals surface area (Å²) in [6, 6.07) is 3.53. The van der Waals surface area contributed by atoms with Crippen molar-refractivity contribution in [3.05, 3.63) is 27.2 Å². The topological polar surface area (TPSA) is 59.6 Å². The van der Waals surface area contributed by atoms with Gasteiger partial charge in [-0.1, -0.05) is 11.6 Å². The maximum Gasteiger partial charge on any atom is 0.184 e. The highest BCUT2D eigenvalue weighted by Gasteiger charge is 2.06. The Labute approximate surface area is 112 Å². The van der Waals surface area contributed by atoms with Crippen LogP contribution in [0.1, 0.15) is 5.56 Å². The molecule has 7 heteroatoms. The Balaban J connectivity index is 2.91. The van der Waals surface area contributed by atoms with E-state index in [1.807, 2.05) is 6.07 Å². The molecule has 1 aromatic carbocycles. The second-order valence-corrected chi connectivity index (χ2v) is 4.45. The van der Waals surface area contributed by atoms with E-state index in [1.54, 1.807) is 19.4 Å². The van der Waals surface area contributed by atoms with Crippen molar-refractivity contribution in [3.63, 3.8) is 0 Å². The summed E-state index contributed by atoms with van der Waals surface area (Å²) in [5.74, 6) is 0.584. The SMILES string of the molecule is COc1c(Cl)cc(C=NNC(N)=S)cc1Br. The average molecular weight is 323 g/mol. The van der Waals surface area contributed by atoms with Gasteiger partial charge in [0.1, 0.15) is 0 Å². The molecule has 0 aliphatic rings. The summed E-state index contributed by atoms with van der Waals surface area (Å²) in [5, 5.41) is 4.42. The molecule has 4 nitrogen and oxygen atoms in total. The molecule has 0 atom stereocenters. The van der Waals surface area contributed by atoms with E-state index in [0.717, 1.165) is 10.0 Å². The van der Waals surface area contributed by atoms with Crippen LogP contribution in [-0.2, 0) is 0 Å². The van der Waals surface area contributed by atoms with Gasteiger partial charge < -0.3 is 10.5 Å². The maximum absolute atomic E-state index is 5.99. The average Bonchev–Trinajstić information content (AvgIpc) is 2.16. The molecular formula is C9H9BrClN3OS. The number of halogens is 2. The lowest BCUT2D eigenvalue weighted by Gasteiger charge is -2.06. The smallest absolute Gasteiger partial charge is 0.184 e. The van der Waals surface area contributed by atoms with Gasteiger partial charge in [0, 0.05) is 0 Å². The number of thiocarbonyl (C=S) groups is 1. The van der Waals surface area contributed by atoms with Crippen LogP contribution in [0.15, 0.2) is 21.7 Å². The Morgan fingerprint density at radius 3 is 2.88 bits per heavy atom. The molecule has 0 amide bonds. The fraction of sp³-hybridized carbons (Fsp3) is 0.111. The van der Waals surface area contributed by atoms with Gasteiger partial charge in [-0.2, -0.15) is 5.10 Å². The molecule has 0 saturated carbocycles. The molecule has 0 spiro atoms. The van der Waals surface area contributed by atoms with Crippen molar-refractivity contribution in [2.24, 2.45) is 10.8 Å². The Morgan fingerprint density at radius 2 is 2.38 bits per heavy atom. The summed E-state index contributed by atoms with van der Waals surface area (Å²) in [7, 11) is 1.55. The lowest BCUT2D eigenvalue weighted by Crippen LogP contribution is -2.23. The zero-order valence-electron chi connectivity index (χ0n) is 8.33. The Bertz CT molecular complexity index is 416. The number of nitrogens with zero attached hydrogens (tertiary/aromatic N) is 1. The largest absolute Gasteiger partial charge is 0.494 e. The Hall–Kier alpha value is -0.850. The molecule has 0 bridgehead atoms. The number of nitrogens with one attached hydrogen (secondary N) is 1. The van der Waals surface area contributed by atoms with Crippen LogP contribution in [0.25, 0.3) is 0 Å². The van der Waals surface area contributed by atoms with Crippen LogP contribution in [-0.4, -0.2) is 18.4 Å². The first-order valence-electron chi connectivity index (χ1n) is 4.16. The fourth-order valence-corrected chi connectivity index (χ4v) is 2.13. The van der Waals surface area contributed by atoms with Gasteiger partial charge in [-0.25, -0.2) is 0 Å². The number of hydrazone groups is 1. The van der Waals surface area contributed by atoms with Gasteiger partial charge in [-0.05, 0) is 45.8 Å². The van der Waals surface area contributed by atoms with Crippen LogP contribution in [0.5, 0.6) is 5.75 Å². The van der Waals surface area contributed by atoms with Crippen molar-refractivity contribution in [1.82, 2.24) is 5.43 Å². The first-order valence-corrected chi connectivity index (χ1v) is 5.74. The first-order chi connectivity index (χ1) is 7.54. The number of ether oxygens (including phenoxy) is 1. The predicted octanol–water partition coefficient (Wildman–Crippen LogP) is 2.28. The maximum atomic E-state index is 5.99. The van der Waals surface area contributed by atoms with Crippen molar-refractivity contribution in [2.75, 3.05) is 7.11 Å². The molecular weight excluding hydrogens is 314 g/mol. The third-order valence-corrected chi connectivity index (χ3v) is 2.57. The molecule has 0 fully saturated rings. The first kappa shape index (κ1) is 13.2. The second-order valence-electron chi connectivity index (χ2n) is 2.75. The van der Waals surface area contributed by atoms with Gasteiger partial charge >= 0.3 is 0 Å². The molecule has 1 rings (SSSR count). The molecule has 0 unspecified atom stereocenters. The van der Waals surface area contributed by atoms with Crippen LogP contribution in [0.2, 0.25) is 5.02 Å². The van der Waals surface area contributed by atoms with Crippen molar-refractivity contribution in [2.45, 2.75) is 0 Å². The van der Waals surface area contributed by atoms with E-state index in [0.29, 0.717) is 10.8 Å². The van der Waals surface area contributed by atoms with E-state index < -0.39 is 0 Å². The van der Waals surface area contributed by atoms with Gasteiger partial charge in [0.05, 0.1) is 22.8 Å². The molecule has 0 aromatic heterocycles. The van der Waals surface area contributed by atoms with E-state index in [1.165, 1.54) is 0 Å². The monoisotopic (exact) mass is 321 g/mol. The van der Waals surface area contributed by atoms with E-state index in [9.17, 15) is 0 Å². The molecule has 0 saturated heterocycles. The third-order valence-electron chi connectivity index (χ3n) is 1.61. The molecule has 0 heterocycles. The Morgan fingerprint density at radius 1 is 1.69 bits per heavy atom. The van der Waals surface area contributed by atoms with Crippen LogP contribution in [0.4, 0.5) is 0 Å². The highest BCUT2D eigenvalue weighted by Crippen LogP contribution is 2.33. The molecule has 0 aliphatic heterocycles. The van der Waals surface area contributed by atoms with Gasteiger partial charge in [0.2, 0.25) is 0 Å². The van der Waals surface area contributed by atoms with Crippen LogP contribution in [0.3, 0.4) is 0 Å². The number of benzene rings is 1. The lowest BCUT2D eigenvalue weighted by atomic mass is 10.2. The van der Waals surface area contributed by atoms with Crippen LogP contribution < -0.4 is 15.9 Å². The van der Waals surface area contributed by atoms with Gasteiger partial charge in [0.25, 0.3) is 0 Å². The highest BCUT2D eigenvalue weighted by atomic mass is 79.9. The summed E-state index contributed by atoms with van der Waals surface area (Å²) in [6.45, 7) is 0. The van der Waals surface area contributed by atoms with E-state index in [-0.39, 0.29) is 5.11 Å². The van der Waals surface area contributed by atoms with E-state index in [2.05, 4.69) is 38.7 Å². The summed E-state index contributed by atoms with van der Waals surface area (Å²) in [5.41, 5.74) is 8.46. The summed E-state index contributed by atoms with van der Waals surface area (Å²) in [4.78, 5) is 0. The zero-order valence-corrected chi connectivity index (χ0v) is 11.5. The molecule has 0 radical (unpaired) electrons. The highest BCUT2D eigenvalue weighted by molar-refractivity contribution is 9.10. The van der Waals surface area contributed by atoms with Crippen LogP contribution in [0, 0.1) is 0 Å². The number of rotatable bonds is 3. The summed E-state index contributed by atoms with van der Waals surface area (Å²) >= 11 is 13.9. The molecule has 1 aromatic rings. The third kappa shape index (κ3) is 3.62. The van der Waals surface area contributed by atoms with E-state index >= 15 is 0 Å². The van der Waals surface area contributed by atoms with Crippen molar-refractivity contribution in [3.8, 4) is 5.75 Å². The molecule has 0 aliphatic carbocycles. The molecule has 3 N–H and O–H groups in total. The fourth-order valence-electron chi connectivity index (χ4n) is 1.02.